The standard InChI is InChI=1S/C11H11N3OS/c1-7-3-8(2)5-9(4-7)10(15)13-11-14-12-6-16-11/h3-6H,1-2H3,(H,13,14,15). The number of anilines is 1. The van der Waals surface area contributed by atoms with Crippen molar-refractivity contribution in [2.24, 2.45) is 0 Å². The number of hydrogen-bond acceptors (Lipinski definition) is 4. The Morgan fingerprint density at radius 1 is 1.25 bits per heavy atom. The van der Waals surface area contributed by atoms with Gasteiger partial charge >= 0.3 is 0 Å². The van der Waals surface area contributed by atoms with Gasteiger partial charge < -0.3 is 0 Å². The second-order valence-corrected chi connectivity index (χ2v) is 4.41. The highest BCUT2D eigenvalue weighted by atomic mass is 32.1. The number of hydrogen-bond donors (Lipinski definition) is 1. The van der Waals surface area contributed by atoms with Gasteiger partial charge in [-0.3, -0.25) is 10.1 Å². The van der Waals surface area contributed by atoms with Gasteiger partial charge in [0, 0.05) is 5.56 Å². The average Bonchev–Trinajstić information content (AvgIpc) is 2.68. The van der Waals surface area contributed by atoms with Crippen molar-refractivity contribution in [1.29, 1.82) is 0 Å². The molecule has 2 rings (SSSR count). The number of benzene rings is 1. The molecule has 82 valence electrons. The van der Waals surface area contributed by atoms with Crippen molar-refractivity contribution in [2.45, 2.75) is 13.8 Å². The van der Waals surface area contributed by atoms with Crippen molar-refractivity contribution in [1.82, 2.24) is 10.2 Å². The summed E-state index contributed by atoms with van der Waals surface area (Å²) in [5.41, 5.74) is 4.37. The van der Waals surface area contributed by atoms with Gasteiger partial charge in [-0.1, -0.05) is 28.5 Å². The van der Waals surface area contributed by atoms with Crippen LogP contribution in [0.2, 0.25) is 0 Å². The van der Waals surface area contributed by atoms with E-state index in [4.69, 9.17) is 0 Å². The molecule has 0 saturated carbocycles. The van der Waals surface area contributed by atoms with Crippen LogP contribution in [0.4, 0.5) is 5.13 Å². The quantitative estimate of drug-likeness (QED) is 0.866. The Kier molecular flexibility index (Phi) is 2.96. The van der Waals surface area contributed by atoms with E-state index in [1.54, 1.807) is 5.51 Å². The summed E-state index contributed by atoms with van der Waals surface area (Å²) in [6.07, 6.45) is 0. The highest BCUT2D eigenvalue weighted by Crippen LogP contribution is 2.13. The third kappa shape index (κ3) is 2.43. The van der Waals surface area contributed by atoms with Crippen LogP contribution in [0.5, 0.6) is 0 Å². The van der Waals surface area contributed by atoms with Gasteiger partial charge in [-0.05, 0) is 26.0 Å². The molecule has 0 aliphatic carbocycles. The summed E-state index contributed by atoms with van der Waals surface area (Å²) < 4.78 is 0. The first-order valence-corrected chi connectivity index (χ1v) is 5.69. The van der Waals surface area contributed by atoms with Gasteiger partial charge in [-0.25, -0.2) is 0 Å². The van der Waals surface area contributed by atoms with Crippen LogP contribution in [0, 0.1) is 13.8 Å². The van der Waals surface area contributed by atoms with Crippen LogP contribution in [0.15, 0.2) is 23.7 Å². The van der Waals surface area contributed by atoms with Crippen LogP contribution in [-0.4, -0.2) is 16.1 Å². The molecule has 0 bridgehead atoms. The molecular formula is C11H11N3OS. The maximum absolute atomic E-state index is 11.8. The molecule has 1 aromatic heterocycles. The highest BCUT2D eigenvalue weighted by Gasteiger charge is 2.08. The molecule has 2 aromatic rings. The van der Waals surface area contributed by atoms with E-state index in [2.05, 4.69) is 15.5 Å². The first-order valence-electron chi connectivity index (χ1n) is 4.81. The van der Waals surface area contributed by atoms with E-state index in [0.717, 1.165) is 11.1 Å². The van der Waals surface area contributed by atoms with Crippen molar-refractivity contribution < 1.29 is 4.79 Å². The SMILES string of the molecule is Cc1cc(C)cc(C(=O)Nc2nncs2)c1. The maximum Gasteiger partial charge on any atom is 0.257 e. The Labute approximate surface area is 97.3 Å². The molecule has 0 aliphatic heterocycles. The van der Waals surface area contributed by atoms with Crippen LogP contribution >= 0.6 is 11.3 Å². The number of carbonyl (C=O) groups excluding carboxylic acids is 1. The molecule has 5 heteroatoms. The van der Waals surface area contributed by atoms with Gasteiger partial charge in [-0.2, -0.15) is 0 Å². The topological polar surface area (TPSA) is 54.9 Å². The minimum Gasteiger partial charge on any atom is -0.296 e. The number of carbonyl (C=O) groups is 1. The van der Waals surface area contributed by atoms with Gasteiger partial charge in [0.15, 0.2) is 0 Å². The Morgan fingerprint density at radius 3 is 2.50 bits per heavy atom. The van der Waals surface area contributed by atoms with E-state index in [1.165, 1.54) is 11.3 Å². The lowest BCUT2D eigenvalue weighted by Gasteiger charge is -2.04. The Morgan fingerprint density at radius 2 is 1.94 bits per heavy atom. The van der Waals surface area contributed by atoms with Crippen LogP contribution in [0.1, 0.15) is 21.5 Å². The zero-order valence-electron chi connectivity index (χ0n) is 9.02. The molecule has 0 fully saturated rings. The molecule has 0 radical (unpaired) electrons. The minimum atomic E-state index is -0.149. The third-order valence-corrected chi connectivity index (χ3v) is 2.67. The van der Waals surface area contributed by atoms with Crippen molar-refractivity contribution in [3.8, 4) is 0 Å². The van der Waals surface area contributed by atoms with Gasteiger partial charge in [-0.15, -0.1) is 10.2 Å². The summed E-state index contributed by atoms with van der Waals surface area (Å²) in [7, 11) is 0. The smallest absolute Gasteiger partial charge is 0.257 e. The lowest BCUT2D eigenvalue weighted by molar-refractivity contribution is 0.102. The molecule has 0 atom stereocenters. The van der Waals surface area contributed by atoms with Gasteiger partial charge in [0.1, 0.15) is 5.51 Å². The van der Waals surface area contributed by atoms with Crippen molar-refractivity contribution in [2.75, 3.05) is 5.32 Å². The zero-order chi connectivity index (χ0) is 11.5. The molecule has 1 N–H and O–H groups in total. The molecule has 16 heavy (non-hydrogen) atoms. The molecule has 1 amide bonds. The number of aromatic nitrogens is 2. The van der Waals surface area contributed by atoms with E-state index in [9.17, 15) is 4.79 Å². The predicted octanol–water partition coefficient (Wildman–Crippen LogP) is 2.41. The van der Waals surface area contributed by atoms with Crippen molar-refractivity contribution >= 4 is 22.4 Å². The fourth-order valence-electron chi connectivity index (χ4n) is 1.50. The normalized spacial score (nSPS) is 10.1. The monoisotopic (exact) mass is 233 g/mol. The van der Waals surface area contributed by atoms with Gasteiger partial charge in [0.05, 0.1) is 0 Å². The number of nitrogens with one attached hydrogen (secondary N) is 1. The zero-order valence-corrected chi connectivity index (χ0v) is 9.84. The van der Waals surface area contributed by atoms with Crippen LogP contribution < -0.4 is 5.32 Å². The van der Waals surface area contributed by atoms with Crippen LogP contribution in [0.25, 0.3) is 0 Å². The van der Waals surface area contributed by atoms with Crippen molar-refractivity contribution in [3.05, 3.63) is 40.4 Å². The summed E-state index contributed by atoms with van der Waals surface area (Å²) >= 11 is 1.30. The lowest BCUT2D eigenvalue weighted by atomic mass is 10.1. The Balaban J connectivity index is 2.21. The van der Waals surface area contributed by atoms with E-state index in [0.29, 0.717) is 10.7 Å². The maximum atomic E-state index is 11.8. The fraction of sp³-hybridized carbons (Fsp3) is 0.182. The fourth-order valence-corrected chi connectivity index (χ4v) is 1.94. The number of amides is 1. The molecule has 0 spiro atoms. The number of rotatable bonds is 2. The Hall–Kier alpha value is -1.75. The summed E-state index contributed by atoms with van der Waals surface area (Å²) in [4.78, 5) is 11.8. The summed E-state index contributed by atoms with van der Waals surface area (Å²) in [6, 6.07) is 5.73. The second kappa shape index (κ2) is 4.40. The lowest BCUT2D eigenvalue weighted by Crippen LogP contribution is -2.12. The summed E-state index contributed by atoms with van der Waals surface area (Å²) in [5, 5.41) is 10.6. The molecule has 1 heterocycles. The molecular weight excluding hydrogens is 222 g/mol. The van der Waals surface area contributed by atoms with Gasteiger partial charge in [0.25, 0.3) is 5.91 Å². The second-order valence-electron chi connectivity index (χ2n) is 3.57. The molecule has 4 nitrogen and oxygen atoms in total. The van der Waals surface area contributed by atoms with Crippen molar-refractivity contribution in [3.63, 3.8) is 0 Å². The highest BCUT2D eigenvalue weighted by molar-refractivity contribution is 7.13. The number of aryl methyl sites for hydroxylation is 2. The van der Waals surface area contributed by atoms with E-state index in [1.807, 2.05) is 32.0 Å². The van der Waals surface area contributed by atoms with E-state index in [-0.39, 0.29) is 5.91 Å². The summed E-state index contributed by atoms with van der Waals surface area (Å²) in [5.74, 6) is -0.149. The molecule has 0 saturated heterocycles. The molecule has 0 aliphatic rings. The summed E-state index contributed by atoms with van der Waals surface area (Å²) in [6.45, 7) is 3.93. The van der Waals surface area contributed by atoms with E-state index >= 15 is 0 Å². The Bertz CT molecular complexity index is 488. The van der Waals surface area contributed by atoms with E-state index < -0.39 is 0 Å². The minimum absolute atomic E-state index is 0.149. The third-order valence-electron chi connectivity index (χ3n) is 2.06. The number of nitrogens with zero attached hydrogens (tertiary/aromatic N) is 2. The predicted molar refractivity (Wildman–Crippen MR) is 63.8 cm³/mol. The van der Waals surface area contributed by atoms with Crippen LogP contribution in [0.3, 0.4) is 0 Å². The molecule has 1 aromatic carbocycles. The molecule has 0 unspecified atom stereocenters. The first-order chi connectivity index (χ1) is 7.65. The first kappa shape index (κ1) is 10.8. The van der Waals surface area contributed by atoms with Gasteiger partial charge in [0.2, 0.25) is 5.13 Å². The van der Waals surface area contributed by atoms with Crippen LogP contribution in [-0.2, 0) is 0 Å². The largest absolute Gasteiger partial charge is 0.296 e. The average molecular weight is 233 g/mol.